The number of methoxy groups -OCH3 is 1. The van der Waals surface area contributed by atoms with Gasteiger partial charge in [-0.2, -0.15) is 0 Å². The molecular weight excluding hydrogens is 1050 g/mol. The lowest BCUT2D eigenvalue weighted by Gasteiger charge is -2.11. The van der Waals surface area contributed by atoms with Crippen LogP contribution in [0.3, 0.4) is 0 Å². The number of aromatic carboxylic acids is 1. The van der Waals surface area contributed by atoms with E-state index in [1.807, 2.05) is 10.8 Å². The van der Waals surface area contributed by atoms with Crippen LogP contribution in [-0.4, -0.2) is 59.8 Å². The summed E-state index contributed by atoms with van der Waals surface area (Å²) in [6, 6.07) is 12.2. The van der Waals surface area contributed by atoms with Gasteiger partial charge in [0.2, 0.25) is 0 Å². The number of carbonyl (C=O) groups excluding carboxylic acids is 2. The van der Waals surface area contributed by atoms with E-state index < -0.39 is 30.5 Å². The quantitative estimate of drug-likeness (QED) is 0.0531. The Hall–Kier alpha value is -5.56. The van der Waals surface area contributed by atoms with E-state index in [0.717, 1.165) is 33.8 Å². The molecule has 0 bridgehead atoms. The van der Waals surface area contributed by atoms with Gasteiger partial charge in [0.25, 0.3) is 0 Å². The van der Waals surface area contributed by atoms with E-state index in [1.165, 1.54) is 76.7 Å². The predicted molar refractivity (Wildman–Crippen MR) is 277 cm³/mol. The molecule has 3 atom stereocenters. The highest BCUT2D eigenvalue weighted by Gasteiger charge is 2.30. The summed E-state index contributed by atoms with van der Waals surface area (Å²) in [5.41, 5.74) is 7.14. The molecule has 3 unspecified atom stereocenters. The standard InChI is InChI=1S/C19H18F2N2OS2.C12H13FN2O2S2.C11H11FN2O2S2.C7H8FN/c1-11(2)15(21)17-16(23-19(26-17)18-22-9-10-25-18)14(24)8-5-12-3-6-13(20)7-4-12;1-6(2)7(13)9-8(12(16)17-3)15-11(19-9)10-14-4-5-18-10;1-5(2)6(12)8-7(11(15)16)14-10(18-8)9-13-3-4-17-9;8-7-3-1-6(5-9)2-4-7/h3-4,6-7,9-11,15H,5,8H2,1-2H3;4-7H,1-3H3;3-6H,1-2H3,(H,15,16);1-4H,5,9H2. The van der Waals surface area contributed by atoms with E-state index in [4.69, 9.17) is 10.8 Å². The Morgan fingerprint density at radius 2 is 0.931 bits per heavy atom. The van der Waals surface area contributed by atoms with Crippen LogP contribution in [0.25, 0.3) is 30.0 Å². The average molecular weight is 1100 g/mol. The molecule has 8 rings (SSSR count). The Balaban J connectivity index is 0.000000188. The third-order valence-electron chi connectivity index (χ3n) is 9.86. The topological polar surface area (TPSA) is 184 Å². The van der Waals surface area contributed by atoms with Crippen molar-refractivity contribution in [1.29, 1.82) is 0 Å². The van der Waals surface area contributed by atoms with Crippen molar-refractivity contribution >= 4 is 85.7 Å². The molecule has 0 spiro atoms. The number of carbonyl (C=O) groups is 3. The molecule has 8 aromatic rings. The zero-order valence-corrected chi connectivity index (χ0v) is 44.7. The number of aromatic nitrogens is 6. The van der Waals surface area contributed by atoms with Gasteiger partial charge in [0, 0.05) is 47.7 Å². The number of esters is 1. The summed E-state index contributed by atoms with van der Waals surface area (Å²) in [6.45, 7) is 11.0. The third kappa shape index (κ3) is 15.7. The number of rotatable bonds is 16. The summed E-state index contributed by atoms with van der Waals surface area (Å²) in [5, 5.41) is 18.0. The van der Waals surface area contributed by atoms with Gasteiger partial charge in [0.05, 0.1) is 21.7 Å². The molecule has 72 heavy (non-hydrogen) atoms. The Labute approximate surface area is 437 Å². The summed E-state index contributed by atoms with van der Waals surface area (Å²) in [5.74, 6) is -3.31. The van der Waals surface area contributed by atoms with Gasteiger partial charge in [0.1, 0.15) is 35.8 Å². The number of hydrogen-bond acceptors (Lipinski definition) is 17. The molecule has 12 nitrogen and oxygen atoms in total. The summed E-state index contributed by atoms with van der Waals surface area (Å²) in [6.07, 6.45) is 1.78. The van der Waals surface area contributed by atoms with E-state index in [0.29, 0.717) is 52.8 Å². The Bertz CT molecular complexity index is 2930. The highest BCUT2D eigenvalue weighted by molar-refractivity contribution is 7.22. The second-order valence-corrected chi connectivity index (χ2v) is 22.1. The molecule has 0 saturated carbocycles. The fourth-order valence-electron chi connectivity index (χ4n) is 5.97. The number of halogens is 5. The van der Waals surface area contributed by atoms with Crippen LogP contribution < -0.4 is 5.73 Å². The first-order valence-electron chi connectivity index (χ1n) is 22.0. The van der Waals surface area contributed by atoms with Gasteiger partial charge in [0.15, 0.2) is 47.2 Å². The number of ether oxygens (including phenoxy) is 1. The monoisotopic (exact) mass is 1100 g/mol. The first-order valence-corrected chi connectivity index (χ1v) is 27.1. The predicted octanol–water partition coefficient (Wildman–Crippen LogP) is 14.5. The van der Waals surface area contributed by atoms with Crippen LogP contribution in [0.4, 0.5) is 22.0 Å². The van der Waals surface area contributed by atoms with Gasteiger partial charge in [-0.05, 0) is 59.6 Å². The molecule has 0 fully saturated rings. The van der Waals surface area contributed by atoms with Crippen molar-refractivity contribution in [2.75, 3.05) is 7.11 Å². The number of carboxylic acids is 1. The molecule has 0 radical (unpaired) electrons. The van der Waals surface area contributed by atoms with Gasteiger partial charge in [-0.25, -0.2) is 61.4 Å². The van der Waals surface area contributed by atoms with E-state index in [9.17, 15) is 36.3 Å². The summed E-state index contributed by atoms with van der Waals surface area (Å²) >= 11 is 7.58. The lowest BCUT2D eigenvalue weighted by atomic mass is 10.0. The van der Waals surface area contributed by atoms with E-state index in [-0.39, 0.29) is 63.6 Å². The average Bonchev–Trinajstić information content (AvgIpc) is 4.23. The summed E-state index contributed by atoms with van der Waals surface area (Å²) < 4.78 is 72.8. The van der Waals surface area contributed by atoms with Gasteiger partial charge >= 0.3 is 11.9 Å². The van der Waals surface area contributed by atoms with E-state index in [2.05, 4.69) is 34.6 Å². The van der Waals surface area contributed by atoms with Crippen LogP contribution in [0.1, 0.15) is 124 Å². The molecule has 0 aliphatic heterocycles. The highest BCUT2D eigenvalue weighted by Crippen LogP contribution is 2.41. The van der Waals surface area contributed by atoms with Crippen LogP contribution in [0.2, 0.25) is 0 Å². The lowest BCUT2D eigenvalue weighted by molar-refractivity contribution is 0.0589. The fourth-order valence-corrected chi connectivity index (χ4v) is 11.7. The maximum atomic E-state index is 14.7. The van der Waals surface area contributed by atoms with Crippen molar-refractivity contribution in [2.45, 2.75) is 79.4 Å². The molecule has 6 heterocycles. The maximum Gasteiger partial charge on any atom is 0.357 e. The summed E-state index contributed by atoms with van der Waals surface area (Å²) in [7, 11) is 1.26. The van der Waals surface area contributed by atoms with Crippen LogP contribution in [0, 0.1) is 29.4 Å². The molecule has 382 valence electrons. The van der Waals surface area contributed by atoms with Crippen molar-refractivity contribution in [3.05, 3.63) is 138 Å². The molecule has 0 aliphatic rings. The number of alkyl halides is 3. The minimum Gasteiger partial charge on any atom is -0.476 e. The van der Waals surface area contributed by atoms with Gasteiger partial charge in [-0.1, -0.05) is 65.8 Å². The molecule has 0 aliphatic carbocycles. The molecule has 3 N–H and O–H groups in total. The first kappa shape index (κ1) is 57.3. The molecular formula is C49H50F5N7O5S6. The number of nitrogens with zero attached hydrogens (tertiary/aromatic N) is 6. The normalized spacial score (nSPS) is 12.3. The van der Waals surface area contributed by atoms with E-state index in [1.54, 1.807) is 89.8 Å². The van der Waals surface area contributed by atoms with Crippen molar-refractivity contribution < 1.29 is 46.2 Å². The third-order valence-corrected chi connectivity index (χ3v) is 15.9. The molecule has 23 heteroatoms. The number of Topliss-reactive ketones (excluding diaryl/α,β-unsaturated/α-hetero) is 1. The fraction of sp³-hybridized carbons (Fsp3) is 0.327. The van der Waals surface area contributed by atoms with Crippen molar-refractivity contribution in [2.24, 2.45) is 23.5 Å². The minimum absolute atomic E-state index is 0.0545. The second kappa shape index (κ2) is 27.5. The Kier molecular flexibility index (Phi) is 21.9. The minimum atomic E-state index is -1.32. The Morgan fingerprint density at radius 3 is 1.28 bits per heavy atom. The number of carboxylic acid groups (broad SMARTS) is 1. The van der Waals surface area contributed by atoms with Crippen LogP contribution >= 0.6 is 68.0 Å². The largest absolute Gasteiger partial charge is 0.476 e. The number of thiazole rings is 6. The van der Waals surface area contributed by atoms with Crippen LogP contribution in [0.5, 0.6) is 0 Å². The second-order valence-electron chi connectivity index (χ2n) is 16.3. The maximum absolute atomic E-state index is 14.7. The van der Waals surface area contributed by atoms with Crippen LogP contribution in [0.15, 0.2) is 83.3 Å². The first-order chi connectivity index (χ1) is 34.3. The number of aryl methyl sites for hydroxylation is 1. The van der Waals surface area contributed by atoms with E-state index >= 15 is 0 Å². The number of nitrogens with two attached hydrogens (primary N) is 1. The van der Waals surface area contributed by atoms with Crippen molar-refractivity contribution in [3.8, 4) is 30.0 Å². The van der Waals surface area contributed by atoms with Crippen molar-refractivity contribution in [1.82, 2.24) is 29.9 Å². The number of hydrogen-bond donors (Lipinski definition) is 2. The molecule has 0 amide bonds. The zero-order chi connectivity index (χ0) is 52.6. The van der Waals surface area contributed by atoms with Gasteiger partial charge in [-0.3, -0.25) is 4.79 Å². The Morgan fingerprint density at radius 1 is 0.569 bits per heavy atom. The number of ketones is 1. The van der Waals surface area contributed by atoms with Gasteiger partial charge < -0.3 is 15.6 Å². The molecule has 2 aromatic carbocycles. The van der Waals surface area contributed by atoms with Crippen molar-refractivity contribution in [3.63, 3.8) is 0 Å². The van der Waals surface area contributed by atoms with Gasteiger partial charge in [-0.15, -0.1) is 68.0 Å². The molecule has 6 aromatic heterocycles. The van der Waals surface area contributed by atoms with Crippen LogP contribution in [-0.2, 0) is 17.7 Å². The lowest BCUT2D eigenvalue weighted by Crippen LogP contribution is -2.08. The highest BCUT2D eigenvalue weighted by atomic mass is 32.1. The molecule has 0 saturated heterocycles. The SMILES string of the molecule is CC(C)C(F)c1sc(-c2nccs2)nc1C(=O)CCc1ccc(F)cc1.CC(C)C(F)c1sc(-c2nccs2)nc1C(=O)O.COC(=O)c1nc(-c2nccs2)sc1C(F)C(C)C.NCc1ccc(F)cc1. The number of benzene rings is 2. The smallest absolute Gasteiger partial charge is 0.357 e. The summed E-state index contributed by atoms with van der Waals surface area (Å²) in [4.78, 5) is 61.3. The zero-order valence-electron chi connectivity index (χ0n) is 39.8.